The van der Waals surface area contributed by atoms with Gasteiger partial charge in [0.25, 0.3) is 0 Å². The second-order valence-corrected chi connectivity index (χ2v) is 15.3. The Morgan fingerprint density at radius 3 is 1.97 bits per heavy atom. The summed E-state index contributed by atoms with van der Waals surface area (Å²) in [6, 6.07) is 31.1. The van der Waals surface area contributed by atoms with Crippen molar-refractivity contribution in [1.82, 2.24) is 15.3 Å². The van der Waals surface area contributed by atoms with Crippen LogP contribution in [0.4, 0.5) is 0 Å². The number of carbonyl (C=O) groups is 1. The number of nitrogens with one attached hydrogen (secondary N) is 4. The first-order chi connectivity index (χ1) is 28.3. The monoisotopic (exact) mass is 769 g/mol. The van der Waals surface area contributed by atoms with E-state index in [-0.39, 0.29) is 5.97 Å². The van der Waals surface area contributed by atoms with Gasteiger partial charge < -0.3 is 20.0 Å². The van der Waals surface area contributed by atoms with E-state index in [1.807, 2.05) is 36.4 Å². The Labute approximate surface area is 341 Å². The van der Waals surface area contributed by atoms with Crippen molar-refractivity contribution in [1.29, 1.82) is 5.41 Å². The zero-order chi connectivity index (χ0) is 40.6. The van der Waals surface area contributed by atoms with Crippen LogP contribution in [0.3, 0.4) is 0 Å². The van der Waals surface area contributed by atoms with Crippen molar-refractivity contribution >= 4 is 46.4 Å². The molecule has 58 heavy (non-hydrogen) atoms. The number of amidine groups is 1. The number of rotatable bonds is 14. The topological polar surface area (TPSA) is 106 Å². The number of allylic oxidation sites excluding steroid dienone is 3. The second-order valence-electron chi connectivity index (χ2n) is 15.3. The van der Waals surface area contributed by atoms with Crippen LogP contribution >= 0.6 is 0 Å². The number of ether oxygens (including phenoxy) is 1. The fraction of sp³-hybridized carbons (Fsp3) is 0.275. The van der Waals surface area contributed by atoms with Crippen molar-refractivity contribution < 1.29 is 9.53 Å². The molecule has 296 valence electrons. The highest BCUT2D eigenvalue weighted by atomic mass is 16.5. The molecule has 8 bridgehead atoms. The number of benzene rings is 3. The summed E-state index contributed by atoms with van der Waals surface area (Å²) in [4.78, 5) is 25.6. The number of aromatic amines is 2. The zero-order valence-corrected chi connectivity index (χ0v) is 34.4. The molecule has 3 aliphatic heterocycles. The van der Waals surface area contributed by atoms with E-state index in [4.69, 9.17) is 15.1 Å². The highest BCUT2D eigenvalue weighted by molar-refractivity contribution is 6.26. The van der Waals surface area contributed by atoms with E-state index in [0.29, 0.717) is 11.4 Å². The van der Waals surface area contributed by atoms with Gasteiger partial charge in [-0.15, -0.1) is 0 Å². The van der Waals surface area contributed by atoms with E-state index in [1.54, 1.807) is 7.05 Å². The summed E-state index contributed by atoms with van der Waals surface area (Å²) in [7, 11) is 3.17. The number of aromatic nitrogens is 2. The number of H-pyrrole nitrogens is 2. The summed E-state index contributed by atoms with van der Waals surface area (Å²) in [5.74, 6) is 0.00357. The van der Waals surface area contributed by atoms with Crippen LogP contribution in [0.15, 0.2) is 114 Å². The lowest BCUT2D eigenvalue weighted by molar-refractivity contribution is 0.0600. The maximum Gasteiger partial charge on any atom is 0.337 e. The highest BCUT2D eigenvalue weighted by Crippen LogP contribution is 2.32. The number of carbonyl (C=O) groups excluding carboxylic acids is 1. The van der Waals surface area contributed by atoms with Crippen LogP contribution < -0.4 is 26.5 Å². The fourth-order valence-electron chi connectivity index (χ4n) is 8.16. The predicted octanol–water partition coefficient (Wildman–Crippen LogP) is 8.41. The average molecular weight is 770 g/mol. The summed E-state index contributed by atoms with van der Waals surface area (Å²) in [5.41, 5.74) is 12.9. The first-order valence-corrected chi connectivity index (χ1v) is 20.9. The zero-order valence-electron chi connectivity index (χ0n) is 34.4. The lowest BCUT2D eigenvalue weighted by atomic mass is 9.93. The first kappa shape index (κ1) is 40.0. The molecule has 3 aromatic carbocycles. The number of hydrogen-bond acceptors (Lipinski definition) is 4. The smallest absolute Gasteiger partial charge is 0.337 e. The minimum absolute atomic E-state index is 0.369. The third-order valence-corrected chi connectivity index (χ3v) is 11.4. The van der Waals surface area contributed by atoms with Gasteiger partial charge in [0.15, 0.2) is 0 Å². The molecule has 8 rings (SSSR count). The summed E-state index contributed by atoms with van der Waals surface area (Å²) in [5, 5.41) is 15.3. The molecule has 5 heterocycles. The Bertz CT molecular complexity index is 2650. The number of esters is 1. The average Bonchev–Trinajstić information content (AvgIpc) is 4.05. The first-order valence-electron chi connectivity index (χ1n) is 20.9. The lowest BCUT2D eigenvalue weighted by Gasteiger charge is -2.13. The number of aliphatic imine (C=N–C) groups is 1. The summed E-state index contributed by atoms with van der Waals surface area (Å²) < 4.78 is 5.02. The van der Waals surface area contributed by atoms with Crippen LogP contribution in [0.2, 0.25) is 0 Å². The highest BCUT2D eigenvalue weighted by Gasteiger charge is 2.20. The molecule has 0 amide bonds. The van der Waals surface area contributed by atoms with Gasteiger partial charge in [-0.1, -0.05) is 107 Å². The third-order valence-electron chi connectivity index (χ3n) is 11.4. The number of unbranched alkanes of at least 4 members (excludes halogenated alkanes) is 6. The molecule has 0 saturated carbocycles. The summed E-state index contributed by atoms with van der Waals surface area (Å²) in [6.45, 7) is 9.17. The van der Waals surface area contributed by atoms with Crippen molar-refractivity contribution in [2.45, 2.75) is 78.1 Å². The van der Waals surface area contributed by atoms with Crippen LogP contribution in [0.1, 0.15) is 122 Å². The van der Waals surface area contributed by atoms with E-state index < -0.39 is 0 Å². The molecular formula is C51H55N5O2. The van der Waals surface area contributed by atoms with Gasteiger partial charge in [-0.25, -0.2) is 9.79 Å². The number of nitrogens with zero attached hydrogens (tertiary/aromatic N) is 1. The van der Waals surface area contributed by atoms with E-state index in [2.05, 4.69) is 102 Å². The third kappa shape index (κ3) is 8.54. The van der Waals surface area contributed by atoms with Gasteiger partial charge in [0.2, 0.25) is 0 Å². The molecule has 2 aromatic heterocycles. The molecule has 0 atom stereocenters. The van der Waals surface area contributed by atoms with Gasteiger partial charge in [0, 0.05) is 57.0 Å². The molecule has 0 unspecified atom stereocenters. The number of methoxy groups -OCH3 is 1. The van der Waals surface area contributed by atoms with Crippen molar-refractivity contribution in [3.63, 3.8) is 0 Å². The normalized spacial score (nSPS) is 17.6. The fourth-order valence-corrected chi connectivity index (χ4v) is 8.16. The summed E-state index contributed by atoms with van der Waals surface area (Å²) in [6.07, 6.45) is 15.6. The molecule has 7 nitrogen and oxygen atoms in total. The largest absolute Gasteiger partial charge is 0.465 e. The molecule has 0 aliphatic carbocycles. The van der Waals surface area contributed by atoms with Gasteiger partial charge in [0.05, 0.1) is 24.1 Å². The van der Waals surface area contributed by atoms with Crippen LogP contribution in [0.5, 0.6) is 0 Å². The van der Waals surface area contributed by atoms with Crippen LogP contribution in [0, 0.1) is 5.41 Å². The summed E-state index contributed by atoms with van der Waals surface area (Å²) >= 11 is 0. The predicted molar refractivity (Wildman–Crippen MR) is 240 cm³/mol. The van der Waals surface area contributed by atoms with Crippen molar-refractivity contribution in [3.05, 3.63) is 169 Å². The molecule has 0 saturated heterocycles. The SMILES string of the molecule is C=c1cc2cc/c1=C(/c1ccc(C(=O)OC)cc1)c1ccc([nH]1)/C(CCCCCC)=C1/C=CC(=N1)/C(CCCCCC)=c1/cc/c([nH]1)=C/2c1ccc(C(=N)NC)cc1. The molecule has 5 aromatic rings. The van der Waals surface area contributed by atoms with Crippen molar-refractivity contribution in [2.24, 2.45) is 4.99 Å². The number of fused-ring (bicyclic) bond motifs is 2. The Kier molecular flexibility index (Phi) is 12.7. The maximum absolute atomic E-state index is 12.4. The van der Waals surface area contributed by atoms with Crippen LogP contribution in [-0.4, -0.2) is 41.6 Å². The van der Waals surface area contributed by atoms with Crippen molar-refractivity contribution in [3.8, 4) is 0 Å². The van der Waals surface area contributed by atoms with Gasteiger partial charge in [0.1, 0.15) is 5.84 Å². The van der Waals surface area contributed by atoms with Gasteiger partial charge in [-0.05, 0) is 107 Å². The molecule has 3 aliphatic rings. The lowest BCUT2D eigenvalue weighted by Crippen LogP contribution is -2.28. The van der Waals surface area contributed by atoms with Crippen LogP contribution in [0.25, 0.3) is 28.9 Å². The second kappa shape index (κ2) is 18.4. The quantitative estimate of drug-likeness (QED) is 0.0395. The molecular weight excluding hydrogens is 715 g/mol. The maximum atomic E-state index is 12.4. The van der Waals surface area contributed by atoms with Gasteiger partial charge >= 0.3 is 5.97 Å². The standard InChI is InChI=1S/C51H55N5O2/c1-6-8-10-12-14-40-42-26-27-43(54-42)41(15-13-11-9-7-2)45-29-31-47(56-45)49(35-18-22-37(23-19-35)51(57)58-5)39-25-24-38(32-33(39)3)48(46-30-28-44(40)55-46)34-16-20-36(21-17-34)50(52)53-4/h16-32,55-56H,3,6-15H2,1-2,4-5H3,(H2,52,53)/b43-41-,44-40-,48-46-,49-39+. The van der Waals surface area contributed by atoms with E-state index >= 15 is 0 Å². The van der Waals surface area contributed by atoms with Gasteiger partial charge in [-0.2, -0.15) is 0 Å². The minimum atomic E-state index is -0.369. The minimum Gasteiger partial charge on any atom is -0.465 e. The van der Waals surface area contributed by atoms with Crippen LogP contribution in [-0.2, 0) is 4.74 Å². The molecule has 4 N–H and O–H groups in total. The Morgan fingerprint density at radius 2 is 1.31 bits per heavy atom. The Morgan fingerprint density at radius 1 is 0.690 bits per heavy atom. The van der Waals surface area contributed by atoms with E-state index in [9.17, 15) is 4.79 Å². The Hall–Kier alpha value is -6.21. The Balaban J connectivity index is 1.53. The molecule has 7 heteroatoms. The van der Waals surface area contributed by atoms with E-state index in [1.165, 1.54) is 56.8 Å². The molecule has 0 radical (unpaired) electrons. The molecule has 0 spiro atoms. The number of hydrogen-bond donors (Lipinski definition) is 4. The van der Waals surface area contributed by atoms with Crippen molar-refractivity contribution in [2.75, 3.05) is 14.2 Å². The van der Waals surface area contributed by atoms with Gasteiger partial charge in [-0.3, -0.25) is 5.41 Å². The van der Waals surface area contributed by atoms with E-state index in [0.717, 1.165) is 103 Å². The molecule has 0 fully saturated rings.